The maximum atomic E-state index is 12.2. The fraction of sp³-hybridized carbons (Fsp3) is 0.231. The summed E-state index contributed by atoms with van der Waals surface area (Å²) in [6, 6.07) is 6.95. The molecular formula is C13H14ClN2O2+. The maximum Gasteiger partial charge on any atom is 0.292 e. The molecule has 0 amide bonds. The minimum absolute atomic E-state index is 0.428. The first-order valence-electron chi connectivity index (χ1n) is 5.54. The summed E-state index contributed by atoms with van der Waals surface area (Å²) in [5.74, 6) is 0. The van der Waals surface area contributed by atoms with E-state index in [2.05, 4.69) is 0 Å². The largest absolute Gasteiger partial charge is 0.428 e. The van der Waals surface area contributed by atoms with Crippen LogP contribution in [0.25, 0.3) is 11.3 Å². The van der Waals surface area contributed by atoms with E-state index in [1.807, 2.05) is 0 Å². The first kappa shape index (κ1) is 12.6. The Morgan fingerprint density at radius 1 is 1.11 bits per heavy atom. The lowest BCUT2D eigenvalue weighted by molar-refractivity contribution is -0.493. The molecule has 0 aliphatic rings. The molecule has 2 rings (SSSR count). The van der Waals surface area contributed by atoms with Gasteiger partial charge in [-0.3, -0.25) is 0 Å². The van der Waals surface area contributed by atoms with Crippen molar-refractivity contribution >= 4 is 11.6 Å². The fourth-order valence-corrected chi connectivity index (χ4v) is 2.03. The third kappa shape index (κ3) is 1.88. The Hall–Kier alpha value is -1.81. The molecule has 0 aliphatic carbocycles. The van der Waals surface area contributed by atoms with Gasteiger partial charge in [-0.25, -0.2) is 0 Å². The molecule has 1 aromatic heterocycles. The minimum atomic E-state index is 0.428. The Bertz CT molecular complexity index is 660. The van der Waals surface area contributed by atoms with Crippen molar-refractivity contribution < 1.29 is 9.63 Å². The molecule has 0 radical (unpaired) electrons. The zero-order chi connectivity index (χ0) is 13.4. The molecule has 0 fully saturated rings. The summed E-state index contributed by atoms with van der Waals surface area (Å²) in [7, 11) is 0. The van der Waals surface area contributed by atoms with Crippen molar-refractivity contribution in [2.75, 3.05) is 0 Å². The van der Waals surface area contributed by atoms with Crippen molar-refractivity contribution in [1.29, 1.82) is 0 Å². The summed E-state index contributed by atoms with van der Waals surface area (Å²) < 4.78 is 1.87. The van der Waals surface area contributed by atoms with Gasteiger partial charge in [-0.1, -0.05) is 11.6 Å². The number of benzene rings is 1. The van der Waals surface area contributed by atoms with E-state index < -0.39 is 0 Å². The fourth-order valence-electron chi connectivity index (χ4n) is 1.90. The highest BCUT2D eigenvalue weighted by atomic mass is 35.5. The second kappa shape index (κ2) is 4.46. The quantitative estimate of drug-likeness (QED) is 0.637. The van der Waals surface area contributed by atoms with Crippen LogP contribution in [0.15, 0.2) is 24.3 Å². The van der Waals surface area contributed by atoms with E-state index >= 15 is 0 Å². The molecule has 0 saturated heterocycles. The van der Waals surface area contributed by atoms with E-state index in [1.165, 1.54) is 0 Å². The molecular weight excluding hydrogens is 252 g/mol. The SMILES string of the molecule is Cc1c(C)[n+](=O)c(-c2ccc(Cl)cc2)c(C)n1O. The molecule has 0 bridgehead atoms. The lowest BCUT2D eigenvalue weighted by Gasteiger charge is -2.07. The van der Waals surface area contributed by atoms with Crippen LogP contribution in [-0.4, -0.2) is 9.94 Å². The van der Waals surface area contributed by atoms with Gasteiger partial charge in [-0.2, -0.15) is 4.73 Å². The molecule has 2 aromatic rings. The monoisotopic (exact) mass is 265 g/mol. The number of aromatic nitrogens is 2. The predicted molar refractivity (Wildman–Crippen MR) is 69.6 cm³/mol. The van der Waals surface area contributed by atoms with Crippen LogP contribution in [0.3, 0.4) is 0 Å². The summed E-state index contributed by atoms with van der Waals surface area (Å²) in [6.45, 7) is 5.07. The first-order valence-corrected chi connectivity index (χ1v) is 5.92. The average molecular weight is 266 g/mol. The number of rotatable bonds is 1. The van der Waals surface area contributed by atoms with E-state index in [-0.39, 0.29) is 0 Å². The molecule has 0 saturated carbocycles. The normalized spacial score (nSPS) is 10.7. The zero-order valence-corrected chi connectivity index (χ0v) is 11.2. The summed E-state index contributed by atoms with van der Waals surface area (Å²) >= 11 is 5.83. The standard InChI is InChI=1S/C13H14ClN2O2/c1-8-9(2)16(18)13(10(3)15(8)17)11-4-6-12(14)7-5-11/h4-7,17H,1-3H3/q+1. The summed E-state index contributed by atoms with van der Waals surface area (Å²) in [6.07, 6.45) is 0. The Morgan fingerprint density at radius 2 is 1.67 bits per heavy atom. The molecule has 18 heavy (non-hydrogen) atoms. The van der Waals surface area contributed by atoms with E-state index in [9.17, 15) is 10.1 Å². The average Bonchev–Trinajstić information content (AvgIpc) is 2.36. The van der Waals surface area contributed by atoms with E-state index in [0.717, 1.165) is 14.7 Å². The Kier molecular flexibility index (Phi) is 3.13. The van der Waals surface area contributed by atoms with Crippen molar-refractivity contribution in [3.8, 4) is 11.3 Å². The molecule has 1 N–H and O–H groups in total. The van der Waals surface area contributed by atoms with Crippen molar-refractivity contribution in [2.45, 2.75) is 20.8 Å². The van der Waals surface area contributed by atoms with E-state index in [0.29, 0.717) is 27.8 Å². The van der Waals surface area contributed by atoms with Crippen LogP contribution >= 0.6 is 11.6 Å². The van der Waals surface area contributed by atoms with Gasteiger partial charge in [0.05, 0.1) is 9.99 Å². The Morgan fingerprint density at radius 3 is 2.22 bits per heavy atom. The summed E-state index contributed by atoms with van der Waals surface area (Å²) in [4.78, 5) is 12.2. The van der Waals surface area contributed by atoms with Crippen LogP contribution in [0.1, 0.15) is 17.1 Å². The highest BCUT2D eigenvalue weighted by molar-refractivity contribution is 6.30. The highest BCUT2D eigenvalue weighted by Gasteiger charge is 2.24. The van der Waals surface area contributed by atoms with Gasteiger partial charge in [0, 0.05) is 16.9 Å². The van der Waals surface area contributed by atoms with E-state index in [4.69, 9.17) is 11.6 Å². The first-order chi connectivity index (χ1) is 8.43. The molecule has 0 aliphatic heterocycles. The van der Waals surface area contributed by atoms with Gasteiger partial charge in [-0.15, -0.1) is 0 Å². The van der Waals surface area contributed by atoms with Crippen LogP contribution in [-0.2, 0) is 0 Å². The van der Waals surface area contributed by atoms with Crippen LogP contribution in [0.2, 0.25) is 5.02 Å². The van der Waals surface area contributed by atoms with Crippen LogP contribution in [0, 0.1) is 25.7 Å². The molecule has 0 unspecified atom stereocenters. The van der Waals surface area contributed by atoms with Crippen molar-refractivity contribution in [1.82, 2.24) is 4.73 Å². The topological polar surface area (TPSA) is 48.1 Å². The highest BCUT2D eigenvalue weighted by Crippen LogP contribution is 2.22. The van der Waals surface area contributed by atoms with Crippen LogP contribution in [0.5, 0.6) is 0 Å². The van der Waals surface area contributed by atoms with E-state index in [1.54, 1.807) is 45.0 Å². The second-order valence-corrected chi connectivity index (χ2v) is 4.65. The smallest absolute Gasteiger partial charge is 0.292 e. The van der Waals surface area contributed by atoms with Gasteiger partial charge >= 0.3 is 0 Å². The third-order valence-corrected chi connectivity index (χ3v) is 3.38. The minimum Gasteiger partial charge on any atom is -0.428 e. The maximum absolute atomic E-state index is 12.2. The van der Waals surface area contributed by atoms with Crippen LogP contribution < -0.4 is 4.43 Å². The van der Waals surface area contributed by atoms with Gasteiger partial charge in [0.25, 0.3) is 11.4 Å². The zero-order valence-electron chi connectivity index (χ0n) is 10.4. The lowest BCUT2D eigenvalue weighted by Crippen LogP contribution is -2.28. The van der Waals surface area contributed by atoms with Crippen LogP contribution in [0.4, 0.5) is 0 Å². The van der Waals surface area contributed by atoms with Gasteiger partial charge in [0.2, 0.25) is 0 Å². The Labute approximate surface area is 110 Å². The molecule has 5 heteroatoms. The predicted octanol–water partition coefficient (Wildman–Crippen LogP) is 2.89. The molecule has 1 heterocycles. The summed E-state index contributed by atoms with van der Waals surface area (Å²) in [5.41, 5.74) is 2.64. The summed E-state index contributed by atoms with van der Waals surface area (Å²) in [5, 5.41) is 10.6. The lowest BCUT2D eigenvalue weighted by atomic mass is 10.1. The van der Waals surface area contributed by atoms with Crippen molar-refractivity contribution in [2.24, 2.45) is 0 Å². The van der Waals surface area contributed by atoms with Gasteiger partial charge < -0.3 is 5.21 Å². The molecule has 94 valence electrons. The molecule has 1 aromatic carbocycles. The second-order valence-electron chi connectivity index (χ2n) is 4.22. The van der Waals surface area contributed by atoms with Crippen molar-refractivity contribution in [3.05, 3.63) is 51.3 Å². The number of hydrogen-bond donors (Lipinski definition) is 1. The van der Waals surface area contributed by atoms with Crippen molar-refractivity contribution in [3.63, 3.8) is 0 Å². The number of halogens is 1. The number of hydrogen-bond acceptors (Lipinski definition) is 2. The van der Waals surface area contributed by atoms with Gasteiger partial charge in [0.15, 0.2) is 0 Å². The molecule has 4 nitrogen and oxygen atoms in total. The molecule has 0 spiro atoms. The number of nitrogens with zero attached hydrogens (tertiary/aromatic N) is 2. The third-order valence-electron chi connectivity index (χ3n) is 3.13. The Balaban J connectivity index is 2.80. The van der Waals surface area contributed by atoms with Gasteiger partial charge in [0.1, 0.15) is 11.4 Å². The molecule has 0 atom stereocenters. The van der Waals surface area contributed by atoms with Gasteiger partial charge in [-0.05, 0) is 38.1 Å².